The molecule has 0 unspecified atom stereocenters. The lowest BCUT2D eigenvalue weighted by molar-refractivity contribution is -0.302. The van der Waals surface area contributed by atoms with Crippen molar-refractivity contribution >= 4 is 20.0 Å². The molecule has 4 saturated heterocycles. The van der Waals surface area contributed by atoms with Crippen LogP contribution >= 0.6 is 0 Å². The van der Waals surface area contributed by atoms with Crippen LogP contribution in [0.5, 0.6) is 0 Å². The largest absolute Gasteiger partial charge is 0.462 e. The van der Waals surface area contributed by atoms with Crippen LogP contribution in [0.3, 0.4) is 0 Å². The van der Waals surface area contributed by atoms with Gasteiger partial charge in [-0.3, -0.25) is 9.79 Å². The molecule has 6 heterocycles. The van der Waals surface area contributed by atoms with Crippen LogP contribution in [-0.4, -0.2) is 144 Å². The average Bonchev–Trinajstić information content (AvgIpc) is 3.64. The number of methoxy groups -OCH3 is 2. The van der Waals surface area contributed by atoms with E-state index in [4.69, 9.17) is 51.8 Å². The third-order valence-electron chi connectivity index (χ3n) is 16.8. The van der Waals surface area contributed by atoms with Crippen molar-refractivity contribution in [1.82, 2.24) is 0 Å². The summed E-state index contributed by atoms with van der Waals surface area (Å²) in [4.78, 5) is 19.3. The minimum absolute atomic E-state index is 0.0829. The van der Waals surface area contributed by atoms with Crippen LogP contribution in [0.1, 0.15) is 115 Å². The third kappa shape index (κ3) is 11.5. The van der Waals surface area contributed by atoms with Gasteiger partial charge in [-0.1, -0.05) is 91.3 Å². The highest BCUT2D eigenvalue weighted by molar-refractivity contribution is 6.74. The molecule has 394 valence electrons. The Morgan fingerprint density at radius 1 is 0.929 bits per heavy atom. The Kier molecular flexibility index (Phi) is 17.6. The second-order valence-corrected chi connectivity index (χ2v) is 27.6. The molecule has 7 aliphatic rings. The number of ether oxygens (including phenoxy) is 10. The molecule has 7 rings (SSSR count). The number of nitrogens with zero attached hydrogens (tertiary/aromatic N) is 1. The number of carbonyl (C=O) groups is 1. The van der Waals surface area contributed by atoms with Crippen molar-refractivity contribution in [3.8, 4) is 0 Å². The Morgan fingerprint density at radius 2 is 1.66 bits per heavy atom. The zero-order chi connectivity index (χ0) is 51.1. The number of hydrogen-bond donors (Lipinski definition) is 1. The van der Waals surface area contributed by atoms with Gasteiger partial charge in [-0.15, -0.1) is 0 Å². The van der Waals surface area contributed by atoms with Crippen molar-refractivity contribution < 1.29 is 61.7 Å². The van der Waals surface area contributed by atoms with E-state index < -0.39 is 80.8 Å². The molecule has 0 radical (unpaired) electrons. The number of fused-ring (bicyclic) bond motifs is 2. The first-order valence-electron chi connectivity index (χ1n) is 26.1. The van der Waals surface area contributed by atoms with Gasteiger partial charge in [0.2, 0.25) is 0 Å². The first kappa shape index (κ1) is 55.4. The molecule has 1 N–H and O–H groups in total. The minimum Gasteiger partial charge on any atom is -0.462 e. The molecule has 70 heavy (non-hydrogen) atoms. The zero-order valence-electron chi connectivity index (χ0n) is 45.1. The summed E-state index contributed by atoms with van der Waals surface area (Å²) in [6.07, 6.45) is 11.7. The van der Waals surface area contributed by atoms with Gasteiger partial charge in [0, 0.05) is 58.8 Å². The number of aliphatic imine (C=N–C) groups is 1. The highest BCUT2D eigenvalue weighted by Crippen LogP contribution is 2.50. The van der Waals surface area contributed by atoms with Crippen LogP contribution in [0.4, 0.5) is 0 Å². The van der Waals surface area contributed by atoms with E-state index in [2.05, 4.69) is 91.7 Å². The Bertz CT molecular complexity index is 2030. The van der Waals surface area contributed by atoms with Crippen molar-refractivity contribution in [3.63, 3.8) is 0 Å². The molecule has 15 heteroatoms. The van der Waals surface area contributed by atoms with E-state index in [0.717, 1.165) is 23.3 Å². The summed E-state index contributed by atoms with van der Waals surface area (Å²) in [6, 6.07) is 0. The van der Waals surface area contributed by atoms with Crippen molar-refractivity contribution in [2.45, 2.75) is 224 Å². The van der Waals surface area contributed by atoms with Gasteiger partial charge in [0.05, 0.1) is 55.0 Å². The molecule has 4 fully saturated rings. The van der Waals surface area contributed by atoms with Crippen molar-refractivity contribution in [1.29, 1.82) is 0 Å². The van der Waals surface area contributed by atoms with E-state index >= 15 is 0 Å². The molecule has 0 aromatic carbocycles. The maximum atomic E-state index is 14.9. The van der Waals surface area contributed by atoms with Crippen LogP contribution in [0.25, 0.3) is 0 Å². The Balaban J connectivity index is 1.22. The van der Waals surface area contributed by atoms with E-state index in [9.17, 15) is 9.90 Å². The van der Waals surface area contributed by atoms with E-state index in [-0.39, 0.29) is 59.9 Å². The molecule has 0 saturated carbocycles. The predicted octanol–water partition coefficient (Wildman–Crippen LogP) is 9.12. The number of carbonyl (C=O) groups excluding carboxylic acids is 1. The van der Waals surface area contributed by atoms with Gasteiger partial charge in [0.15, 0.2) is 26.7 Å². The zero-order valence-corrected chi connectivity index (χ0v) is 46.1. The summed E-state index contributed by atoms with van der Waals surface area (Å²) < 4.78 is 72.6. The van der Waals surface area contributed by atoms with Crippen molar-refractivity contribution in [3.05, 3.63) is 59.3 Å². The van der Waals surface area contributed by atoms with Gasteiger partial charge < -0.3 is 56.9 Å². The lowest BCUT2D eigenvalue weighted by Crippen LogP contribution is -2.60. The number of allylic oxidation sites excluding steroid dienone is 2. The minimum atomic E-state index is -2.37. The SMILES string of the molecule is CC[C@H](C)[C@H]1O[C@]2(C=C[C@@H]1C)C[C@@H]1C[C@@H](C/C=C(\C)[C@@H](O[C@H]3C[C@H](OC)[C@@H](O[C@H]4C[C@H](OC)C(=NC)[C@H](C)O4)[C@H](C)O3)[C@@H](C)/C=C/C=C3\CO[C@@H]4[C@H](O[Si](C)(C)C(C)(C)C)C(C)=C[C@@H](C(=O)O1)[C@]34O)O2. The van der Waals surface area contributed by atoms with Crippen LogP contribution in [0.2, 0.25) is 18.1 Å². The van der Waals surface area contributed by atoms with Crippen molar-refractivity contribution in [2.75, 3.05) is 27.9 Å². The molecule has 1 spiro atoms. The Hall–Kier alpha value is -2.38. The topological polar surface area (TPSA) is 151 Å². The molecule has 6 aliphatic heterocycles. The highest BCUT2D eigenvalue weighted by Gasteiger charge is 2.62. The van der Waals surface area contributed by atoms with Crippen molar-refractivity contribution in [2.24, 2.45) is 28.7 Å². The number of aliphatic hydroxyl groups is 1. The summed E-state index contributed by atoms with van der Waals surface area (Å²) >= 11 is 0. The standard InChI is InChI=1S/C55H87NO13Si/c1-17-31(2)48-34(5)23-24-54(68-48)29-40-26-39(67-54)22-21-33(4)47(65-45-28-43(60-14)50(37(8)63-45)66-44-27-42(59-13)46(56-12)36(7)62-44)32(3)19-18-20-38-30-61-51-49(69-70(15,16)53(9,10)11)35(6)25-41(52(57)64-40)55(38,51)58/h18-21,23-25,31-32,34,36-37,39-45,47-51,58H,17,22,26-30H2,1-16H3/b19-18+,33-21+,38-20+,56-46?/t31-,32-,34-,36-,37-,39+,40-,41-,42-,43-,44-,45-,47-,48+,49+,50-,51+,54+,55+/m0/s1. The van der Waals surface area contributed by atoms with Gasteiger partial charge in [-0.2, -0.15) is 0 Å². The van der Waals surface area contributed by atoms with E-state index in [1.54, 1.807) is 21.3 Å². The van der Waals surface area contributed by atoms with Gasteiger partial charge >= 0.3 is 5.97 Å². The molecule has 19 atom stereocenters. The summed E-state index contributed by atoms with van der Waals surface area (Å²) in [5.74, 6) is -2.36. The molecule has 2 bridgehead atoms. The number of esters is 1. The molecule has 0 aromatic rings. The van der Waals surface area contributed by atoms with Crippen LogP contribution in [0.15, 0.2) is 64.2 Å². The summed E-state index contributed by atoms with van der Waals surface area (Å²) in [6.45, 7) is 27.8. The van der Waals surface area contributed by atoms with Gasteiger partial charge in [0.25, 0.3) is 0 Å². The monoisotopic (exact) mass is 998 g/mol. The van der Waals surface area contributed by atoms with Crippen LogP contribution in [0, 0.1) is 23.7 Å². The normalized spacial score (nSPS) is 45.0. The number of hydrogen-bond acceptors (Lipinski definition) is 14. The van der Waals surface area contributed by atoms with Gasteiger partial charge in [-0.25, -0.2) is 0 Å². The van der Waals surface area contributed by atoms with Crippen LogP contribution < -0.4 is 0 Å². The first-order valence-corrected chi connectivity index (χ1v) is 29.0. The Labute approximate surface area is 420 Å². The molecular formula is C55H87NO13Si. The smallest absolute Gasteiger partial charge is 0.316 e. The quantitative estimate of drug-likeness (QED) is 0.126. The van der Waals surface area contributed by atoms with Gasteiger partial charge in [-0.05, 0) is 81.0 Å². The third-order valence-corrected chi connectivity index (χ3v) is 21.3. The lowest BCUT2D eigenvalue weighted by atomic mass is 9.71. The van der Waals surface area contributed by atoms with Gasteiger partial charge in [0.1, 0.15) is 35.9 Å². The number of rotatable bonds is 10. The van der Waals surface area contributed by atoms with E-state index in [0.29, 0.717) is 37.7 Å². The second kappa shape index (κ2) is 22.2. The average molecular weight is 998 g/mol. The Morgan fingerprint density at radius 3 is 2.33 bits per heavy atom. The summed E-state index contributed by atoms with van der Waals surface area (Å²) in [5, 5.41) is 13.1. The predicted molar refractivity (Wildman–Crippen MR) is 271 cm³/mol. The highest BCUT2D eigenvalue weighted by atomic mass is 28.4. The second-order valence-electron chi connectivity index (χ2n) is 22.9. The molecule has 0 aromatic heterocycles. The fourth-order valence-electron chi connectivity index (χ4n) is 11.4. The first-order chi connectivity index (χ1) is 33.0. The molecule has 1 aliphatic carbocycles. The van der Waals surface area contributed by atoms with Crippen LogP contribution in [-0.2, 0) is 56.6 Å². The fraction of sp³-hybridized carbons (Fsp3) is 0.782. The van der Waals surface area contributed by atoms with E-state index in [1.807, 2.05) is 45.1 Å². The summed E-state index contributed by atoms with van der Waals surface area (Å²) in [5.41, 5.74) is 1.54. The van der Waals surface area contributed by atoms with E-state index in [1.165, 1.54) is 0 Å². The maximum absolute atomic E-state index is 14.9. The molecule has 0 amide bonds. The fourth-order valence-corrected chi connectivity index (χ4v) is 12.7. The summed E-state index contributed by atoms with van der Waals surface area (Å²) in [7, 11) is 2.75. The molecular weight excluding hydrogens is 911 g/mol. The molecule has 14 nitrogen and oxygen atoms in total. The maximum Gasteiger partial charge on any atom is 0.316 e. The lowest BCUT2D eigenvalue weighted by Gasteiger charge is -2.49.